The Labute approximate surface area is 142 Å². The molecule has 0 radical (unpaired) electrons. The molecule has 0 amide bonds. The van der Waals surface area contributed by atoms with Crippen molar-refractivity contribution in [1.82, 2.24) is 4.90 Å². The predicted octanol–water partition coefficient (Wildman–Crippen LogP) is 1.44. The van der Waals surface area contributed by atoms with Crippen molar-refractivity contribution < 1.29 is 18.3 Å². The maximum atomic E-state index is 12.6. The molecular weight excluding hydrogens is 333 g/mol. The lowest BCUT2D eigenvalue weighted by Crippen LogP contribution is -2.44. The molecule has 136 valence electrons. The molecule has 2 N–H and O–H groups in total. The molecule has 10 heteroatoms. The van der Waals surface area contributed by atoms with E-state index >= 15 is 0 Å². The highest BCUT2D eigenvalue weighted by Crippen LogP contribution is 2.50. The fourth-order valence-electron chi connectivity index (χ4n) is 2.33. The fraction of sp³-hybridized carbons (Fsp3) is 0.786. The molecule has 2 aliphatic rings. The van der Waals surface area contributed by atoms with Gasteiger partial charge in [-0.1, -0.05) is 0 Å². The van der Waals surface area contributed by atoms with Gasteiger partial charge in [0.1, 0.15) is 30.7 Å². The van der Waals surface area contributed by atoms with E-state index in [-0.39, 0.29) is 24.6 Å². The molecule has 9 nitrogen and oxygen atoms in total. The van der Waals surface area contributed by atoms with E-state index in [1.165, 1.54) is 6.34 Å². The number of rotatable bonds is 9. The average Bonchev–Trinajstić information content (AvgIpc) is 2.86. The monoisotopic (exact) mass is 359 g/mol. The van der Waals surface area contributed by atoms with Gasteiger partial charge in [0.25, 0.3) is 0 Å². The molecule has 2 unspecified atom stereocenters. The molecule has 0 fully saturated rings. The molecule has 0 aromatic rings. The Morgan fingerprint density at radius 2 is 1.92 bits per heavy atom. The summed E-state index contributed by atoms with van der Waals surface area (Å²) in [6.45, 7) is 8.08. The largest absolute Gasteiger partial charge is 0.367 e. The van der Waals surface area contributed by atoms with E-state index in [1.54, 1.807) is 6.34 Å². The van der Waals surface area contributed by atoms with Gasteiger partial charge in [-0.15, -0.1) is 0 Å². The normalized spacial score (nSPS) is 23.3. The van der Waals surface area contributed by atoms with E-state index < -0.39 is 13.8 Å². The first-order valence-electron chi connectivity index (χ1n) is 7.99. The van der Waals surface area contributed by atoms with Gasteiger partial charge in [0.05, 0.1) is 25.2 Å². The molecule has 0 aromatic carbocycles. The van der Waals surface area contributed by atoms with Crippen LogP contribution in [0, 0.1) is 0 Å². The van der Waals surface area contributed by atoms with Gasteiger partial charge in [0.2, 0.25) is 0 Å². The first-order chi connectivity index (χ1) is 11.3. The summed E-state index contributed by atoms with van der Waals surface area (Å²) in [5.41, 5.74) is 5.87. The Balaban J connectivity index is 1.81. The highest BCUT2D eigenvalue weighted by atomic mass is 31.2. The van der Waals surface area contributed by atoms with E-state index in [1.807, 2.05) is 32.6 Å². The molecule has 0 saturated carbocycles. The van der Waals surface area contributed by atoms with Crippen LogP contribution in [0.15, 0.2) is 15.0 Å². The summed E-state index contributed by atoms with van der Waals surface area (Å²) in [5, 5.41) is 0. The number of fused-ring (bicyclic) bond motifs is 1. The van der Waals surface area contributed by atoms with Crippen molar-refractivity contribution in [2.75, 3.05) is 19.5 Å². The smallest absolute Gasteiger partial charge is 0.356 e. The molecule has 2 rings (SSSR count). The van der Waals surface area contributed by atoms with Crippen LogP contribution in [0.5, 0.6) is 0 Å². The van der Waals surface area contributed by atoms with Crippen LogP contribution in [0.1, 0.15) is 27.7 Å². The minimum absolute atomic E-state index is 0.0920. The SMILES string of the molecule is CC(C)OP(=O)(COCCN1C=NC2C1=NC=NC2N)OC(C)C. The average molecular weight is 359 g/mol. The summed E-state index contributed by atoms with van der Waals surface area (Å²) < 4.78 is 29.0. The maximum absolute atomic E-state index is 12.6. The van der Waals surface area contributed by atoms with Gasteiger partial charge < -0.3 is 24.4 Å². The van der Waals surface area contributed by atoms with Gasteiger partial charge in [-0.3, -0.25) is 14.5 Å². The molecule has 2 atom stereocenters. The van der Waals surface area contributed by atoms with Gasteiger partial charge in [-0.2, -0.15) is 0 Å². The highest BCUT2D eigenvalue weighted by Gasteiger charge is 2.33. The first kappa shape index (κ1) is 19.2. The van der Waals surface area contributed by atoms with Crippen LogP contribution < -0.4 is 5.73 Å². The van der Waals surface area contributed by atoms with Gasteiger partial charge >= 0.3 is 7.60 Å². The van der Waals surface area contributed by atoms with E-state index in [9.17, 15) is 4.57 Å². The van der Waals surface area contributed by atoms with Crippen LogP contribution in [-0.2, 0) is 18.3 Å². The molecule has 0 aliphatic carbocycles. The maximum Gasteiger partial charge on any atom is 0.356 e. The van der Waals surface area contributed by atoms with Crippen LogP contribution in [0.2, 0.25) is 0 Å². The summed E-state index contributed by atoms with van der Waals surface area (Å²) >= 11 is 0. The second-order valence-corrected chi connectivity index (χ2v) is 8.00. The van der Waals surface area contributed by atoms with Crippen molar-refractivity contribution in [3.8, 4) is 0 Å². The Morgan fingerprint density at radius 3 is 2.54 bits per heavy atom. The number of aliphatic imine (C=N–C) groups is 3. The third-order valence-electron chi connectivity index (χ3n) is 3.15. The Bertz CT molecular complexity index is 549. The van der Waals surface area contributed by atoms with Crippen molar-refractivity contribution in [2.45, 2.75) is 52.1 Å². The minimum atomic E-state index is -3.28. The van der Waals surface area contributed by atoms with Crippen molar-refractivity contribution >= 4 is 26.1 Å². The van der Waals surface area contributed by atoms with Crippen molar-refractivity contribution in [2.24, 2.45) is 20.7 Å². The summed E-state index contributed by atoms with van der Waals surface area (Å²) in [6, 6.07) is -0.241. The molecule has 0 saturated heterocycles. The van der Waals surface area contributed by atoms with Crippen molar-refractivity contribution in [1.29, 1.82) is 0 Å². The number of ether oxygens (including phenoxy) is 1. The summed E-state index contributed by atoms with van der Waals surface area (Å²) in [7, 11) is -3.28. The lowest BCUT2D eigenvalue weighted by Gasteiger charge is -2.24. The topological polar surface area (TPSA) is 111 Å². The van der Waals surface area contributed by atoms with Gasteiger partial charge in [-0.25, -0.2) is 4.99 Å². The Morgan fingerprint density at radius 1 is 1.25 bits per heavy atom. The van der Waals surface area contributed by atoms with Crippen LogP contribution in [0.3, 0.4) is 0 Å². The van der Waals surface area contributed by atoms with Crippen LogP contribution in [-0.4, -0.2) is 67.3 Å². The zero-order valence-corrected chi connectivity index (χ0v) is 15.4. The molecule has 0 bridgehead atoms. The molecular formula is C14H26N5O4P. The first-order valence-corrected chi connectivity index (χ1v) is 9.72. The standard InChI is InChI=1S/C14H26N5O4P/c1-10(2)22-24(20,23-11(3)4)9-21-6-5-19-8-18-12-13(15)16-7-17-14(12)19/h7-8,10-13H,5-6,9,15H2,1-4H3. The summed E-state index contributed by atoms with van der Waals surface area (Å²) in [6.07, 6.45) is 2.21. The van der Waals surface area contributed by atoms with Crippen LogP contribution in [0.4, 0.5) is 0 Å². The lowest BCUT2D eigenvalue weighted by atomic mass is 10.2. The number of amidine groups is 1. The van der Waals surface area contributed by atoms with Gasteiger partial charge in [0, 0.05) is 6.54 Å². The second kappa shape index (κ2) is 8.31. The summed E-state index contributed by atoms with van der Waals surface area (Å²) in [5.74, 6) is 0.751. The molecule has 24 heavy (non-hydrogen) atoms. The second-order valence-electron chi connectivity index (χ2n) is 6.10. The van der Waals surface area contributed by atoms with Gasteiger partial charge in [-0.05, 0) is 27.7 Å². The van der Waals surface area contributed by atoms with E-state index in [0.29, 0.717) is 13.2 Å². The van der Waals surface area contributed by atoms with Crippen molar-refractivity contribution in [3.63, 3.8) is 0 Å². The van der Waals surface area contributed by atoms with Crippen LogP contribution in [0.25, 0.3) is 0 Å². The number of hydrogen-bond acceptors (Lipinski definition) is 9. The van der Waals surface area contributed by atoms with E-state index in [0.717, 1.165) is 5.84 Å². The Kier molecular flexibility index (Phi) is 6.65. The lowest BCUT2D eigenvalue weighted by molar-refractivity contribution is 0.0975. The molecule has 0 spiro atoms. The minimum Gasteiger partial charge on any atom is -0.367 e. The van der Waals surface area contributed by atoms with Crippen LogP contribution >= 0.6 is 7.60 Å². The third-order valence-corrected chi connectivity index (χ3v) is 5.13. The van der Waals surface area contributed by atoms with E-state index in [2.05, 4.69) is 15.0 Å². The fourth-order valence-corrected chi connectivity index (χ4v) is 4.14. The quantitative estimate of drug-likeness (QED) is 0.492. The zero-order chi connectivity index (χ0) is 17.7. The number of nitrogens with zero attached hydrogens (tertiary/aromatic N) is 4. The molecule has 2 aliphatic heterocycles. The Hall–Kier alpha value is -1.12. The van der Waals surface area contributed by atoms with E-state index in [4.69, 9.17) is 19.5 Å². The highest BCUT2D eigenvalue weighted by molar-refractivity contribution is 7.53. The molecule has 2 heterocycles. The van der Waals surface area contributed by atoms with Crippen molar-refractivity contribution in [3.05, 3.63) is 0 Å². The number of hydrogen-bond donors (Lipinski definition) is 1. The third kappa shape index (κ3) is 5.19. The van der Waals surface area contributed by atoms with Gasteiger partial charge in [0.15, 0.2) is 0 Å². The molecule has 0 aromatic heterocycles. The zero-order valence-electron chi connectivity index (χ0n) is 14.5. The number of nitrogens with two attached hydrogens (primary N) is 1. The summed E-state index contributed by atoms with van der Waals surface area (Å²) in [4.78, 5) is 14.4. The predicted molar refractivity (Wildman–Crippen MR) is 93.8 cm³/mol.